The lowest BCUT2D eigenvalue weighted by atomic mass is 9.42. The zero-order valence-electron chi connectivity index (χ0n) is 21.0. The fourth-order valence-corrected chi connectivity index (χ4v) is 8.96. The molecule has 4 aliphatic rings. The van der Waals surface area contributed by atoms with Crippen LogP contribution in [-0.2, 0) is 23.9 Å². The summed E-state index contributed by atoms with van der Waals surface area (Å²) in [7, 11) is 1.43. The van der Waals surface area contributed by atoms with Crippen LogP contribution in [0.1, 0.15) is 91.9 Å². The first-order valence-corrected chi connectivity index (χ1v) is 12.9. The van der Waals surface area contributed by atoms with Gasteiger partial charge in [0.05, 0.1) is 12.7 Å². The first-order chi connectivity index (χ1) is 15.5. The number of ketones is 1. The summed E-state index contributed by atoms with van der Waals surface area (Å²) < 4.78 is 10.9. The first-order valence-electron chi connectivity index (χ1n) is 12.9. The molecule has 0 spiro atoms. The number of hydrogen-bond acceptors (Lipinski definition) is 6. The number of carbonyl (C=O) groups excluding carboxylic acids is 3. The van der Waals surface area contributed by atoms with Crippen LogP contribution in [0.15, 0.2) is 0 Å². The van der Waals surface area contributed by atoms with Gasteiger partial charge in [-0.25, -0.2) is 0 Å². The van der Waals surface area contributed by atoms with Crippen molar-refractivity contribution >= 4 is 17.7 Å². The Morgan fingerprint density at radius 3 is 2.55 bits per heavy atom. The highest BCUT2D eigenvalue weighted by Gasteiger charge is 2.67. The fraction of sp³-hybridized carbons (Fsp3) is 0.889. The zero-order valence-corrected chi connectivity index (χ0v) is 21.0. The van der Waals surface area contributed by atoms with Gasteiger partial charge in [-0.2, -0.15) is 0 Å². The predicted molar refractivity (Wildman–Crippen MR) is 123 cm³/mol. The van der Waals surface area contributed by atoms with Gasteiger partial charge in [-0.05, 0) is 74.5 Å². The molecule has 1 N–H and O–H groups in total. The van der Waals surface area contributed by atoms with Crippen LogP contribution in [0.2, 0.25) is 0 Å². The molecular formula is C27H42O6. The molecule has 4 saturated carbocycles. The standard InChI is InChI=1S/C27H42O6/c1-16(6-9-24(30)32-5)20-7-8-21-19-11-13-27(31)15-18(29)10-12-25(27,3)22(19)14-23(26(20,21)4)33-17(2)28/h16,19-23,31H,6-15H2,1-5H3/t16-,19+,20-,21+,22+,23+,25-,26-,27+/m1/s1. The second-order valence-corrected chi connectivity index (χ2v) is 12.1. The number of carbonyl (C=O) groups is 3. The van der Waals surface area contributed by atoms with E-state index in [-0.39, 0.29) is 47.0 Å². The monoisotopic (exact) mass is 462 g/mol. The third-order valence-corrected chi connectivity index (χ3v) is 10.8. The summed E-state index contributed by atoms with van der Waals surface area (Å²) in [6, 6.07) is 0. The van der Waals surface area contributed by atoms with Crippen molar-refractivity contribution in [3.05, 3.63) is 0 Å². The van der Waals surface area contributed by atoms with Crippen LogP contribution >= 0.6 is 0 Å². The van der Waals surface area contributed by atoms with Crippen molar-refractivity contribution in [1.82, 2.24) is 0 Å². The topological polar surface area (TPSA) is 89.9 Å². The normalized spacial score (nSPS) is 45.4. The molecule has 4 aliphatic carbocycles. The molecule has 0 bridgehead atoms. The molecule has 0 aromatic carbocycles. The number of methoxy groups -OCH3 is 1. The third kappa shape index (κ3) is 3.84. The quantitative estimate of drug-likeness (QED) is 0.607. The number of rotatable bonds is 5. The van der Waals surface area contributed by atoms with E-state index < -0.39 is 5.60 Å². The molecule has 0 aromatic rings. The number of aliphatic hydroxyl groups is 1. The van der Waals surface area contributed by atoms with Crippen molar-refractivity contribution < 1.29 is 29.0 Å². The van der Waals surface area contributed by atoms with Gasteiger partial charge >= 0.3 is 11.9 Å². The Labute approximate surface area is 198 Å². The van der Waals surface area contributed by atoms with Crippen molar-refractivity contribution in [2.45, 2.75) is 104 Å². The summed E-state index contributed by atoms with van der Waals surface area (Å²) in [6.07, 6.45) is 7.05. The van der Waals surface area contributed by atoms with E-state index in [1.165, 1.54) is 14.0 Å². The molecule has 0 heterocycles. The summed E-state index contributed by atoms with van der Waals surface area (Å²) in [6.45, 7) is 8.23. The second kappa shape index (κ2) is 8.66. The minimum Gasteiger partial charge on any atom is -0.469 e. The van der Waals surface area contributed by atoms with Crippen LogP contribution in [0.3, 0.4) is 0 Å². The van der Waals surface area contributed by atoms with E-state index in [2.05, 4.69) is 20.8 Å². The molecular weight excluding hydrogens is 420 g/mol. The Morgan fingerprint density at radius 2 is 1.88 bits per heavy atom. The maximum Gasteiger partial charge on any atom is 0.305 e. The van der Waals surface area contributed by atoms with Gasteiger partial charge in [0.1, 0.15) is 11.9 Å². The van der Waals surface area contributed by atoms with Crippen molar-refractivity contribution in [3.8, 4) is 0 Å². The van der Waals surface area contributed by atoms with E-state index in [0.29, 0.717) is 42.9 Å². The van der Waals surface area contributed by atoms with Gasteiger partial charge in [0, 0.05) is 37.0 Å². The van der Waals surface area contributed by atoms with Crippen LogP contribution < -0.4 is 0 Å². The maximum atomic E-state index is 12.3. The van der Waals surface area contributed by atoms with E-state index in [1.807, 2.05) is 0 Å². The molecule has 0 unspecified atom stereocenters. The molecule has 6 heteroatoms. The fourth-order valence-electron chi connectivity index (χ4n) is 8.96. The lowest BCUT2D eigenvalue weighted by molar-refractivity contribution is -0.228. The van der Waals surface area contributed by atoms with Crippen LogP contribution in [0.4, 0.5) is 0 Å². The van der Waals surface area contributed by atoms with Gasteiger partial charge in [0.2, 0.25) is 0 Å². The van der Waals surface area contributed by atoms with Crippen molar-refractivity contribution in [2.24, 2.45) is 40.4 Å². The number of ether oxygens (including phenoxy) is 2. The lowest BCUT2D eigenvalue weighted by Gasteiger charge is -2.64. The SMILES string of the molecule is COC(=O)CC[C@@H](C)[C@H]1CC[C@H]2[C@@H]3CC[C@]4(O)CC(=O)CC[C@]4(C)[C@H]3C[C@H](OC(C)=O)[C@]12C. The van der Waals surface area contributed by atoms with Crippen LogP contribution in [-0.4, -0.2) is 41.6 Å². The molecule has 0 aromatic heterocycles. The van der Waals surface area contributed by atoms with Crippen molar-refractivity contribution in [1.29, 1.82) is 0 Å². The van der Waals surface area contributed by atoms with Crippen LogP contribution in [0.5, 0.6) is 0 Å². The van der Waals surface area contributed by atoms with Gasteiger partial charge in [0.25, 0.3) is 0 Å². The summed E-state index contributed by atoms with van der Waals surface area (Å²) in [4.78, 5) is 36.3. The smallest absolute Gasteiger partial charge is 0.305 e. The Hall–Kier alpha value is -1.43. The average molecular weight is 463 g/mol. The van der Waals surface area contributed by atoms with Crippen LogP contribution in [0, 0.1) is 40.4 Å². The molecule has 0 radical (unpaired) electrons. The van der Waals surface area contributed by atoms with E-state index >= 15 is 0 Å². The number of Topliss-reactive ketones (excluding diaryl/α,β-unsaturated/α-hetero) is 1. The number of fused-ring (bicyclic) bond motifs is 5. The molecule has 33 heavy (non-hydrogen) atoms. The Balaban J connectivity index is 1.65. The summed E-state index contributed by atoms with van der Waals surface area (Å²) in [5.41, 5.74) is -1.40. The molecule has 6 nitrogen and oxygen atoms in total. The van der Waals surface area contributed by atoms with Crippen molar-refractivity contribution in [2.75, 3.05) is 7.11 Å². The van der Waals surface area contributed by atoms with Crippen LogP contribution in [0.25, 0.3) is 0 Å². The molecule has 4 fully saturated rings. The molecule has 9 atom stereocenters. The third-order valence-electron chi connectivity index (χ3n) is 10.8. The van der Waals surface area contributed by atoms with Crippen molar-refractivity contribution in [3.63, 3.8) is 0 Å². The van der Waals surface area contributed by atoms with Gasteiger partial charge in [-0.15, -0.1) is 0 Å². The van der Waals surface area contributed by atoms with Gasteiger partial charge in [0.15, 0.2) is 0 Å². The molecule has 4 rings (SSSR count). The largest absolute Gasteiger partial charge is 0.469 e. The Kier molecular flexibility index (Phi) is 6.48. The highest BCUT2D eigenvalue weighted by Crippen LogP contribution is 2.69. The highest BCUT2D eigenvalue weighted by molar-refractivity contribution is 5.80. The molecule has 0 amide bonds. The minimum absolute atomic E-state index is 0.140. The summed E-state index contributed by atoms with van der Waals surface area (Å²) in [5.74, 6) is 1.59. The summed E-state index contributed by atoms with van der Waals surface area (Å²) >= 11 is 0. The van der Waals surface area contributed by atoms with Gasteiger partial charge in [-0.1, -0.05) is 20.8 Å². The second-order valence-electron chi connectivity index (χ2n) is 12.1. The molecule has 186 valence electrons. The lowest BCUT2D eigenvalue weighted by Crippen LogP contribution is -2.65. The summed E-state index contributed by atoms with van der Waals surface area (Å²) in [5, 5.41) is 11.6. The average Bonchev–Trinajstić information content (AvgIpc) is 3.11. The van der Waals surface area contributed by atoms with E-state index in [4.69, 9.17) is 9.47 Å². The van der Waals surface area contributed by atoms with E-state index in [1.54, 1.807) is 0 Å². The van der Waals surface area contributed by atoms with E-state index in [9.17, 15) is 19.5 Å². The molecule has 0 aliphatic heterocycles. The highest BCUT2D eigenvalue weighted by atomic mass is 16.5. The first kappa shape index (κ1) is 24.7. The zero-order chi connectivity index (χ0) is 24.2. The Morgan fingerprint density at radius 1 is 1.15 bits per heavy atom. The minimum atomic E-state index is -0.941. The van der Waals surface area contributed by atoms with Gasteiger partial charge < -0.3 is 14.6 Å². The Bertz CT molecular complexity index is 808. The maximum absolute atomic E-state index is 12.3. The molecule has 0 saturated heterocycles. The predicted octanol–water partition coefficient (Wildman–Crippen LogP) is 4.46. The van der Waals surface area contributed by atoms with E-state index in [0.717, 1.165) is 38.5 Å². The van der Waals surface area contributed by atoms with Gasteiger partial charge in [-0.3, -0.25) is 14.4 Å². The number of esters is 2. The number of hydrogen-bond donors (Lipinski definition) is 1.